The van der Waals surface area contributed by atoms with E-state index in [1.807, 2.05) is 54.0 Å². The summed E-state index contributed by atoms with van der Waals surface area (Å²) in [7, 11) is 0. The van der Waals surface area contributed by atoms with Crippen LogP contribution in [0.2, 0.25) is 0 Å². The van der Waals surface area contributed by atoms with Crippen LogP contribution >= 0.6 is 0 Å². The second-order valence-electron chi connectivity index (χ2n) is 8.45. The molecule has 2 amide bonds. The van der Waals surface area contributed by atoms with Gasteiger partial charge in [-0.25, -0.2) is 9.97 Å². The number of piperidine rings is 1. The highest BCUT2D eigenvalue weighted by Gasteiger charge is 2.30. The van der Waals surface area contributed by atoms with Crippen molar-refractivity contribution >= 4 is 11.8 Å². The Balaban J connectivity index is 1.44. The zero-order valence-corrected chi connectivity index (χ0v) is 17.9. The third kappa shape index (κ3) is 4.37. The van der Waals surface area contributed by atoms with Gasteiger partial charge in [0.25, 0.3) is 5.91 Å². The maximum Gasteiger partial charge on any atom is 0.253 e. The number of benzene rings is 1. The van der Waals surface area contributed by atoms with E-state index in [0.717, 1.165) is 67.2 Å². The van der Waals surface area contributed by atoms with E-state index in [0.29, 0.717) is 13.0 Å². The van der Waals surface area contributed by atoms with Crippen LogP contribution < -0.4 is 0 Å². The molecule has 30 heavy (non-hydrogen) atoms. The molecule has 2 aliphatic rings. The van der Waals surface area contributed by atoms with Gasteiger partial charge in [-0.3, -0.25) is 9.59 Å². The van der Waals surface area contributed by atoms with Crippen LogP contribution in [0.4, 0.5) is 0 Å². The number of rotatable bonds is 4. The molecule has 0 radical (unpaired) electrons. The van der Waals surface area contributed by atoms with Gasteiger partial charge in [0.2, 0.25) is 5.91 Å². The molecule has 6 heteroatoms. The average Bonchev–Trinajstić information content (AvgIpc) is 3.27. The Bertz CT molecular complexity index is 899. The average molecular weight is 407 g/mol. The van der Waals surface area contributed by atoms with Crippen molar-refractivity contribution in [2.45, 2.75) is 51.9 Å². The maximum atomic E-state index is 12.7. The first-order valence-corrected chi connectivity index (χ1v) is 11.0. The monoisotopic (exact) mass is 406 g/mol. The maximum absolute atomic E-state index is 12.7. The van der Waals surface area contributed by atoms with Gasteiger partial charge in [-0.2, -0.15) is 0 Å². The van der Waals surface area contributed by atoms with Gasteiger partial charge in [0.15, 0.2) is 0 Å². The smallest absolute Gasteiger partial charge is 0.253 e. The SMILES string of the molecule is Cc1nc([C@@H]2CCN(C(=O)c3ccccc3)C2)nc(C)c1CC(=O)N1CCCCC1. The fraction of sp³-hybridized carbons (Fsp3) is 0.500. The van der Waals surface area contributed by atoms with Gasteiger partial charge in [-0.05, 0) is 51.7 Å². The highest BCUT2D eigenvalue weighted by atomic mass is 16.2. The number of hydrogen-bond donors (Lipinski definition) is 0. The van der Waals surface area contributed by atoms with Crippen LogP contribution in [0.1, 0.15) is 64.7 Å². The molecule has 6 nitrogen and oxygen atoms in total. The topological polar surface area (TPSA) is 66.4 Å². The second-order valence-corrected chi connectivity index (χ2v) is 8.45. The molecule has 1 aromatic carbocycles. The number of aryl methyl sites for hydroxylation is 2. The molecule has 1 aromatic heterocycles. The fourth-order valence-corrected chi connectivity index (χ4v) is 4.53. The molecule has 0 N–H and O–H groups in total. The summed E-state index contributed by atoms with van der Waals surface area (Å²) in [5.41, 5.74) is 3.44. The van der Waals surface area contributed by atoms with Gasteiger partial charge in [0, 0.05) is 54.6 Å². The summed E-state index contributed by atoms with van der Waals surface area (Å²) in [6.45, 7) is 7.03. The number of carbonyl (C=O) groups excluding carboxylic acids is 2. The number of carbonyl (C=O) groups is 2. The van der Waals surface area contributed by atoms with E-state index in [-0.39, 0.29) is 17.7 Å². The van der Waals surface area contributed by atoms with Crippen molar-refractivity contribution in [3.63, 3.8) is 0 Å². The lowest BCUT2D eigenvalue weighted by Gasteiger charge is -2.27. The van der Waals surface area contributed by atoms with Gasteiger partial charge in [0.1, 0.15) is 5.82 Å². The Morgan fingerprint density at radius 3 is 2.27 bits per heavy atom. The summed E-state index contributed by atoms with van der Waals surface area (Å²) in [4.78, 5) is 38.8. The van der Waals surface area contributed by atoms with Crippen LogP contribution in [0.15, 0.2) is 30.3 Å². The molecule has 0 saturated carbocycles. The number of nitrogens with zero attached hydrogens (tertiary/aromatic N) is 4. The van der Waals surface area contributed by atoms with Crippen LogP contribution in [0.3, 0.4) is 0 Å². The standard InChI is InChI=1S/C24H30N4O2/c1-17-21(15-22(29)27-12-7-4-8-13-27)18(2)26-23(25-17)20-11-14-28(16-20)24(30)19-9-5-3-6-10-19/h3,5-6,9-10,20H,4,7-8,11-16H2,1-2H3/t20-/m1/s1. The summed E-state index contributed by atoms with van der Waals surface area (Å²) in [6.07, 6.45) is 4.65. The summed E-state index contributed by atoms with van der Waals surface area (Å²) >= 11 is 0. The van der Waals surface area contributed by atoms with E-state index in [4.69, 9.17) is 9.97 Å². The third-order valence-corrected chi connectivity index (χ3v) is 6.34. The van der Waals surface area contributed by atoms with Gasteiger partial charge < -0.3 is 9.80 Å². The Kier molecular flexibility index (Phi) is 6.11. The van der Waals surface area contributed by atoms with E-state index in [1.165, 1.54) is 6.42 Å². The molecule has 0 bridgehead atoms. The summed E-state index contributed by atoms with van der Waals surface area (Å²) in [6, 6.07) is 9.41. The highest BCUT2D eigenvalue weighted by Crippen LogP contribution is 2.27. The lowest BCUT2D eigenvalue weighted by molar-refractivity contribution is -0.131. The largest absolute Gasteiger partial charge is 0.342 e. The number of likely N-dealkylation sites (tertiary alicyclic amines) is 2. The van der Waals surface area contributed by atoms with Crippen LogP contribution in [0.5, 0.6) is 0 Å². The molecule has 2 saturated heterocycles. The van der Waals surface area contributed by atoms with Crippen LogP contribution in [-0.2, 0) is 11.2 Å². The number of aromatic nitrogens is 2. The molecule has 2 aromatic rings. The molecule has 0 unspecified atom stereocenters. The van der Waals surface area contributed by atoms with Crippen LogP contribution in [-0.4, -0.2) is 57.8 Å². The summed E-state index contributed by atoms with van der Waals surface area (Å²) < 4.78 is 0. The van der Waals surface area contributed by atoms with Crippen molar-refractivity contribution < 1.29 is 9.59 Å². The summed E-state index contributed by atoms with van der Waals surface area (Å²) in [5, 5.41) is 0. The number of hydrogen-bond acceptors (Lipinski definition) is 4. The Hall–Kier alpha value is -2.76. The highest BCUT2D eigenvalue weighted by molar-refractivity contribution is 5.94. The molecule has 0 spiro atoms. The predicted molar refractivity (Wildman–Crippen MR) is 115 cm³/mol. The lowest BCUT2D eigenvalue weighted by atomic mass is 10.0. The van der Waals surface area contributed by atoms with E-state index < -0.39 is 0 Å². The molecule has 2 aliphatic heterocycles. The van der Waals surface area contributed by atoms with Crippen molar-refractivity contribution in [2.24, 2.45) is 0 Å². The molecule has 0 aliphatic carbocycles. The molecular formula is C24H30N4O2. The van der Waals surface area contributed by atoms with Crippen molar-refractivity contribution in [1.82, 2.24) is 19.8 Å². The van der Waals surface area contributed by atoms with Gasteiger partial charge in [-0.15, -0.1) is 0 Å². The zero-order chi connectivity index (χ0) is 21.1. The van der Waals surface area contributed by atoms with Gasteiger partial charge in [0.05, 0.1) is 6.42 Å². The van der Waals surface area contributed by atoms with Gasteiger partial charge >= 0.3 is 0 Å². The van der Waals surface area contributed by atoms with E-state index in [9.17, 15) is 9.59 Å². The zero-order valence-electron chi connectivity index (χ0n) is 17.9. The fourth-order valence-electron chi connectivity index (χ4n) is 4.53. The molecule has 3 heterocycles. The van der Waals surface area contributed by atoms with E-state index in [2.05, 4.69) is 0 Å². The predicted octanol–water partition coefficient (Wildman–Crippen LogP) is 3.28. The molecule has 4 rings (SSSR count). The first kappa shape index (κ1) is 20.5. The molecule has 2 fully saturated rings. The minimum Gasteiger partial charge on any atom is -0.342 e. The summed E-state index contributed by atoms with van der Waals surface area (Å²) in [5.74, 6) is 1.18. The van der Waals surface area contributed by atoms with Crippen molar-refractivity contribution in [3.8, 4) is 0 Å². The third-order valence-electron chi connectivity index (χ3n) is 6.34. The molecule has 158 valence electrons. The quantitative estimate of drug-likeness (QED) is 0.782. The van der Waals surface area contributed by atoms with Gasteiger partial charge in [-0.1, -0.05) is 18.2 Å². The number of amides is 2. The normalized spacial score (nSPS) is 19.2. The van der Waals surface area contributed by atoms with Crippen molar-refractivity contribution in [2.75, 3.05) is 26.2 Å². The van der Waals surface area contributed by atoms with E-state index in [1.54, 1.807) is 0 Å². The first-order valence-electron chi connectivity index (χ1n) is 11.0. The Labute approximate surface area is 178 Å². The Morgan fingerprint density at radius 2 is 1.60 bits per heavy atom. The van der Waals surface area contributed by atoms with Crippen molar-refractivity contribution in [3.05, 3.63) is 58.7 Å². The van der Waals surface area contributed by atoms with Crippen LogP contribution in [0.25, 0.3) is 0 Å². The van der Waals surface area contributed by atoms with Crippen molar-refractivity contribution in [1.29, 1.82) is 0 Å². The first-order chi connectivity index (χ1) is 14.5. The Morgan fingerprint density at radius 1 is 0.933 bits per heavy atom. The van der Waals surface area contributed by atoms with E-state index >= 15 is 0 Å². The second kappa shape index (κ2) is 8.94. The minimum absolute atomic E-state index is 0.0651. The minimum atomic E-state index is 0.0651. The molecule has 1 atom stereocenters. The lowest BCUT2D eigenvalue weighted by Crippen LogP contribution is -2.37. The van der Waals surface area contributed by atoms with Crippen LogP contribution in [0, 0.1) is 13.8 Å². The molecular weight excluding hydrogens is 376 g/mol.